The Balaban J connectivity index is 2.02. The van der Waals surface area contributed by atoms with Crippen LogP contribution in [0.1, 0.15) is 37.3 Å². The maximum absolute atomic E-state index is 11.3. The molecule has 18 heavy (non-hydrogen) atoms. The summed E-state index contributed by atoms with van der Waals surface area (Å²) in [5.74, 6) is 0.759. The highest BCUT2D eigenvalue weighted by Gasteiger charge is 2.45. The van der Waals surface area contributed by atoms with Gasteiger partial charge in [-0.15, -0.1) is 0 Å². The van der Waals surface area contributed by atoms with Crippen molar-refractivity contribution < 1.29 is 9.90 Å². The summed E-state index contributed by atoms with van der Waals surface area (Å²) in [6, 6.07) is 0. The standard InChI is InChI=1S/C12H20N4O2/c1-8-14-9(2)16(15-8)7-5-10-4-3-6-12(10,13)11(17)18/h10H,3-7,13H2,1-2H3,(H,17,18). The van der Waals surface area contributed by atoms with Gasteiger partial charge in [0, 0.05) is 6.54 Å². The molecule has 0 saturated heterocycles. The number of hydrogen-bond acceptors (Lipinski definition) is 4. The Morgan fingerprint density at radius 2 is 2.33 bits per heavy atom. The van der Waals surface area contributed by atoms with Gasteiger partial charge in [0.2, 0.25) is 0 Å². The number of aryl methyl sites for hydroxylation is 3. The van der Waals surface area contributed by atoms with E-state index in [9.17, 15) is 9.90 Å². The number of carboxylic acid groups (broad SMARTS) is 1. The molecule has 2 unspecified atom stereocenters. The molecular weight excluding hydrogens is 232 g/mol. The Bertz CT molecular complexity index is 457. The largest absolute Gasteiger partial charge is 0.480 e. The first kappa shape index (κ1) is 13.0. The van der Waals surface area contributed by atoms with Crippen molar-refractivity contribution >= 4 is 5.97 Å². The molecule has 0 bridgehead atoms. The molecule has 1 heterocycles. The maximum atomic E-state index is 11.3. The molecule has 0 aromatic carbocycles. The fourth-order valence-corrected chi connectivity index (χ4v) is 2.84. The predicted octanol–water partition coefficient (Wildman–Crippen LogP) is 0.867. The number of rotatable bonds is 4. The molecule has 6 heteroatoms. The summed E-state index contributed by atoms with van der Waals surface area (Å²) < 4.78 is 1.83. The molecule has 0 spiro atoms. The van der Waals surface area contributed by atoms with Crippen molar-refractivity contribution in [1.82, 2.24) is 14.8 Å². The van der Waals surface area contributed by atoms with Crippen LogP contribution < -0.4 is 5.73 Å². The molecule has 1 aromatic heterocycles. The fourth-order valence-electron chi connectivity index (χ4n) is 2.84. The lowest BCUT2D eigenvalue weighted by Gasteiger charge is -2.26. The maximum Gasteiger partial charge on any atom is 0.323 e. The molecule has 1 fully saturated rings. The van der Waals surface area contributed by atoms with Crippen LogP contribution in [0.4, 0.5) is 0 Å². The Morgan fingerprint density at radius 1 is 1.61 bits per heavy atom. The molecule has 0 aliphatic heterocycles. The minimum Gasteiger partial charge on any atom is -0.480 e. The molecular formula is C12H20N4O2. The van der Waals surface area contributed by atoms with Gasteiger partial charge in [-0.05, 0) is 39.0 Å². The van der Waals surface area contributed by atoms with Crippen molar-refractivity contribution in [3.8, 4) is 0 Å². The summed E-state index contributed by atoms with van der Waals surface area (Å²) in [6.45, 7) is 4.44. The van der Waals surface area contributed by atoms with Crippen molar-refractivity contribution in [2.24, 2.45) is 11.7 Å². The van der Waals surface area contributed by atoms with E-state index in [4.69, 9.17) is 5.73 Å². The van der Waals surface area contributed by atoms with Gasteiger partial charge in [0.15, 0.2) is 0 Å². The smallest absolute Gasteiger partial charge is 0.323 e. The molecule has 1 aliphatic carbocycles. The van der Waals surface area contributed by atoms with Crippen LogP contribution in [0, 0.1) is 19.8 Å². The number of nitrogens with two attached hydrogens (primary N) is 1. The van der Waals surface area contributed by atoms with Crippen LogP contribution in [0.2, 0.25) is 0 Å². The second kappa shape index (κ2) is 4.68. The van der Waals surface area contributed by atoms with Gasteiger partial charge in [0.1, 0.15) is 17.2 Å². The molecule has 2 rings (SSSR count). The summed E-state index contributed by atoms with van der Waals surface area (Å²) in [4.78, 5) is 15.5. The summed E-state index contributed by atoms with van der Waals surface area (Å²) in [6.07, 6.45) is 3.09. The number of aliphatic carboxylic acids is 1. The lowest BCUT2D eigenvalue weighted by Crippen LogP contribution is -2.51. The fraction of sp³-hybridized carbons (Fsp3) is 0.750. The van der Waals surface area contributed by atoms with Gasteiger partial charge in [-0.2, -0.15) is 5.10 Å². The number of carbonyl (C=O) groups is 1. The monoisotopic (exact) mass is 252 g/mol. The number of aromatic nitrogens is 3. The van der Waals surface area contributed by atoms with E-state index in [1.807, 2.05) is 18.5 Å². The molecule has 1 aliphatic rings. The third-order valence-corrected chi connectivity index (χ3v) is 3.92. The summed E-state index contributed by atoms with van der Waals surface area (Å²) in [5.41, 5.74) is 4.96. The van der Waals surface area contributed by atoms with E-state index in [1.165, 1.54) is 0 Å². The van der Waals surface area contributed by atoms with Gasteiger partial charge in [-0.1, -0.05) is 6.42 Å². The lowest BCUT2D eigenvalue weighted by atomic mass is 9.86. The second-order valence-electron chi connectivity index (χ2n) is 5.15. The van der Waals surface area contributed by atoms with Crippen LogP contribution in [0.5, 0.6) is 0 Å². The van der Waals surface area contributed by atoms with Gasteiger partial charge >= 0.3 is 5.97 Å². The molecule has 2 atom stereocenters. The molecule has 6 nitrogen and oxygen atoms in total. The normalized spacial score (nSPS) is 27.6. The van der Waals surface area contributed by atoms with Crippen LogP contribution in [0.25, 0.3) is 0 Å². The Kier molecular flexibility index (Phi) is 3.38. The Hall–Kier alpha value is -1.43. The van der Waals surface area contributed by atoms with Gasteiger partial charge in [-0.25, -0.2) is 4.98 Å². The SMILES string of the molecule is Cc1nc(C)n(CCC2CCCC2(N)C(=O)O)n1. The molecule has 3 N–H and O–H groups in total. The van der Waals surface area contributed by atoms with E-state index < -0.39 is 11.5 Å². The third-order valence-electron chi connectivity index (χ3n) is 3.92. The van der Waals surface area contributed by atoms with Gasteiger partial charge in [-0.3, -0.25) is 9.48 Å². The van der Waals surface area contributed by atoms with E-state index in [1.54, 1.807) is 0 Å². The van der Waals surface area contributed by atoms with Crippen LogP contribution in [0.15, 0.2) is 0 Å². The van der Waals surface area contributed by atoms with Gasteiger partial charge in [0.05, 0.1) is 0 Å². The van der Waals surface area contributed by atoms with Gasteiger partial charge < -0.3 is 10.8 Å². The van der Waals surface area contributed by atoms with Crippen LogP contribution in [-0.2, 0) is 11.3 Å². The van der Waals surface area contributed by atoms with E-state index in [0.29, 0.717) is 13.0 Å². The van der Waals surface area contributed by atoms with E-state index in [0.717, 1.165) is 30.9 Å². The lowest BCUT2D eigenvalue weighted by molar-refractivity contribution is -0.144. The summed E-state index contributed by atoms with van der Waals surface area (Å²) >= 11 is 0. The van der Waals surface area contributed by atoms with Crippen molar-refractivity contribution in [2.75, 3.05) is 0 Å². The van der Waals surface area contributed by atoms with E-state index in [-0.39, 0.29) is 5.92 Å². The molecule has 0 amide bonds. The first-order chi connectivity index (χ1) is 8.43. The number of hydrogen-bond donors (Lipinski definition) is 2. The summed E-state index contributed by atoms with van der Waals surface area (Å²) in [5, 5.41) is 13.5. The zero-order chi connectivity index (χ0) is 13.3. The zero-order valence-corrected chi connectivity index (χ0v) is 10.9. The zero-order valence-electron chi connectivity index (χ0n) is 10.9. The van der Waals surface area contributed by atoms with Crippen molar-refractivity contribution in [3.63, 3.8) is 0 Å². The molecule has 100 valence electrons. The number of nitrogens with zero attached hydrogens (tertiary/aromatic N) is 3. The van der Waals surface area contributed by atoms with E-state index in [2.05, 4.69) is 10.1 Å². The average Bonchev–Trinajstić information content (AvgIpc) is 2.80. The topological polar surface area (TPSA) is 94.0 Å². The Morgan fingerprint density at radius 3 is 2.89 bits per heavy atom. The minimum absolute atomic E-state index is 0.0268. The highest BCUT2D eigenvalue weighted by atomic mass is 16.4. The van der Waals surface area contributed by atoms with Crippen LogP contribution in [0.3, 0.4) is 0 Å². The van der Waals surface area contributed by atoms with Gasteiger partial charge in [0.25, 0.3) is 0 Å². The molecule has 0 radical (unpaired) electrons. The predicted molar refractivity (Wildman–Crippen MR) is 66.0 cm³/mol. The average molecular weight is 252 g/mol. The first-order valence-electron chi connectivity index (χ1n) is 6.34. The quantitative estimate of drug-likeness (QED) is 0.829. The van der Waals surface area contributed by atoms with Crippen molar-refractivity contribution in [1.29, 1.82) is 0 Å². The van der Waals surface area contributed by atoms with Crippen LogP contribution >= 0.6 is 0 Å². The van der Waals surface area contributed by atoms with Crippen molar-refractivity contribution in [3.05, 3.63) is 11.6 Å². The van der Waals surface area contributed by atoms with Crippen molar-refractivity contribution in [2.45, 2.75) is 51.6 Å². The minimum atomic E-state index is -1.05. The highest BCUT2D eigenvalue weighted by molar-refractivity contribution is 5.79. The molecule has 1 aromatic rings. The van der Waals surface area contributed by atoms with Crippen LogP contribution in [-0.4, -0.2) is 31.4 Å². The highest BCUT2D eigenvalue weighted by Crippen LogP contribution is 2.36. The summed E-state index contributed by atoms with van der Waals surface area (Å²) in [7, 11) is 0. The number of carboxylic acids is 1. The third kappa shape index (κ3) is 2.25. The second-order valence-corrected chi connectivity index (χ2v) is 5.15. The molecule has 1 saturated carbocycles. The Labute approximate surface area is 106 Å². The first-order valence-corrected chi connectivity index (χ1v) is 6.34. The van der Waals surface area contributed by atoms with E-state index >= 15 is 0 Å².